The molecule has 1 rings (SSSR count). The molecule has 0 saturated carbocycles. The molecule has 1 radical (unpaired) electrons. The molecule has 0 aliphatic rings. The molecule has 4 nitrogen and oxygen atoms in total. The summed E-state index contributed by atoms with van der Waals surface area (Å²) in [6, 6.07) is 0. The van der Waals surface area contributed by atoms with Crippen LogP contribution in [0.5, 0.6) is 0 Å². The number of rotatable bonds is 1. The number of aromatic nitrogens is 2. The Morgan fingerprint density at radius 1 is 1.12 bits per heavy atom. The molecular weight excluding hydrogens is 305 g/mol. The van der Waals surface area contributed by atoms with E-state index in [0.717, 1.165) is 12.1 Å². The Morgan fingerprint density at radius 3 is 1.71 bits per heavy atom. The van der Waals surface area contributed by atoms with Gasteiger partial charge in [-0.15, -0.1) is 0 Å². The summed E-state index contributed by atoms with van der Waals surface area (Å²) in [4.78, 5) is 23.4. The van der Waals surface area contributed by atoms with Gasteiger partial charge >= 0.3 is 19.5 Å². The van der Waals surface area contributed by atoms with Crippen LogP contribution in [0.2, 0.25) is 0 Å². The first kappa shape index (κ1) is 25.0. The van der Waals surface area contributed by atoms with Crippen molar-refractivity contribution in [2.45, 2.75) is 34.1 Å². The molecule has 17 heavy (non-hydrogen) atoms. The first-order chi connectivity index (χ1) is 7.66. The Morgan fingerprint density at radius 2 is 1.53 bits per heavy atom. The maximum atomic E-state index is 7.75. The van der Waals surface area contributed by atoms with E-state index in [-0.39, 0.29) is 19.5 Å². The topological polar surface area (TPSA) is 59.9 Å². The summed E-state index contributed by atoms with van der Waals surface area (Å²) in [5, 5.41) is 0. The van der Waals surface area contributed by atoms with E-state index in [2.05, 4.69) is 51.2 Å². The van der Waals surface area contributed by atoms with Gasteiger partial charge in [-0.05, 0) is 6.42 Å². The van der Waals surface area contributed by atoms with Gasteiger partial charge in [0.15, 0.2) is 0 Å². The standard InChI is InChI=1S/C6H8N2.C4H9.2CHO.Ru/c1-2-6-5-7-3-4-8-6;1-4(2)3;2*1-2;/h3-5H,2H2,1H3;1-3H3;2*1H;/q;3*-1;+3. The summed E-state index contributed by atoms with van der Waals surface area (Å²) in [5.41, 5.74) is 1.05. The van der Waals surface area contributed by atoms with Crippen LogP contribution in [-0.4, -0.2) is 23.5 Å². The predicted molar refractivity (Wildman–Crippen MR) is 65.2 cm³/mol. The summed E-state index contributed by atoms with van der Waals surface area (Å²) in [5.74, 6) is 1.42. The van der Waals surface area contributed by atoms with Crippen molar-refractivity contribution < 1.29 is 29.1 Å². The van der Waals surface area contributed by atoms with Crippen molar-refractivity contribution in [3.8, 4) is 0 Å². The third kappa shape index (κ3) is 31.3. The Labute approximate surface area is 117 Å². The van der Waals surface area contributed by atoms with Gasteiger partial charge in [0.1, 0.15) is 0 Å². The molecule has 0 bridgehead atoms. The molecule has 0 unspecified atom stereocenters. The molecule has 0 atom stereocenters. The molecule has 0 saturated heterocycles. The number of hydrogen-bond acceptors (Lipinski definition) is 4. The van der Waals surface area contributed by atoms with Crippen molar-refractivity contribution in [3.05, 3.63) is 30.2 Å². The summed E-state index contributed by atoms with van der Waals surface area (Å²) in [6.45, 7) is 14.8. The molecule has 1 heterocycles. The summed E-state index contributed by atoms with van der Waals surface area (Å²) >= 11 is 0. The largest absolute Gasteiger partial charge is 3.00 e. The van der Waals surface area contributed by atoms with Gasteiger partial charge in [0.25, 0.3) is 0 Å². The zero-order valence-corrected chi connectivity index (χ0v) is 12.4. The van der Waals surface area contributed by atoms with Crippen LogP contribution >= 0.6 is 0 Å². The van der Waals surface area contributed by atoms with Gasteiger partial charge in [-0.1, -0.05) is 6.92 Å². The molecule has 5 heteroatoms. The second-order valence-corrected chi connectivity index (χ2v) is 3.05. The van der Waals surface area contributed by atoms with Gasteiger partial charge in [0, 0.05) is 18.6 Å². The van der Waals surface area contributed by atoms with Gasteiger partial charge in [-0.25, -0.2) is 0 Å². The van der Waals surface area contributed by atoms with E-state index >= 15 is 0 Å². The van der Waals surface area contributed by atoms with Gasteiger partial charge in [-0.3, -0.25) is 23.5 Å². The predicted octanol–water partition coefficient (Wildman–Crippen LogP) is 2.11. The Hall–Kier alpha value is -0.957. The third-order valence-corrected chi connectivity index (χ3v) is 0.979. The average Bonchev–Trinajstić information content (AvgIpc) is 2.34. The van der Waals surface area contributed by atoms with Gasteiger partial charge in [-0.2, -0.15) is 20.8 Å². The Balaban J connectivity index is -0.0000000814. The van der Waals surface area contributed by atoms with E-state index < -0.39 is 0 Å². The Kier molecular flexibility index (Phi) is 35.8. The maximum Gasteiger partial charge on any atom is 3.00 e. The molecular formula is C12H19N2O2Ru. The molecule has 97 valence electrons. The second-order valence-electron chi connectivity index (χ2n) is 3.05. The smallest absolute Gasteiger partial charge is 0.545 e. The van der Waals surface area contributed by atoms with Crippen LogP contribution in [0.1, 0.15) is 33.4 Å². The van der Waals surface area contributed by atoms with Crippen molar-refractivity contribution in [2.75, 3.05) is 0 Å². The normalized spacial score (nSPS) is 6.88. The first-order valence-corrected chi connectivity index (χ1v) is 4.65. The molecule has 1 aromatic heterocycles. The van der Waals surface area contributed by atoms with Crippen molar-refractivity contribution >= 4 is 13.6 Å². The van der Waals surface area contributed by atoms with Gasteiger partial charge < -0.3 is 15.5 Å². The molecule has 0 amide bonds. The zero-order chi connectivity index (χ0) is 13.4. The van der Waals surface area contributed by atoms with E-state index in [1.54, 1.807) is 18.6 Å². The quantitative estimate of drug-likeness (QED) is 0.451. The zero-order valence-electron chi connectivity index (χ0n) is 10.7. The van der Waals surface area contributed by atoms with E-state index in [0.29, 0.717) is 0 Å². The molecule has 0 N–H and O–H groups in total. The van der Waals surface area contributed by atoms with Crippen molar-refractivity contribution in [2.24, 2.45) is 0 Å². The van der Waals surface area contributed by atoms with Crippen LogP contribution in [0.25, 0.3) is 0 Å². The molecule has 0 fully saturated rings. The van der Waals surface area contributed by atoms with Crippen LogP contribution in [-0.2, 0) is 35.5 Å². The fraction of sp³-hybridized carbons (Fsp3) is 0.417. The Bertz CT molecular complexity index is 216. The minimum absolute atomic E-state index is 0. The third-order valence-electron chi connectivity index (χ3n) is 0.979. The minimum atomic E-state index is 0. The average molecular weight is 324 g/mol. The molecule has 0 spiro atoms. The molecule has 0 aliphatic carbocycles. The number of nitrogens with zero attached hydrogens (tertiary/aromatic N) is 2. The maximum absolute atomic E-state index is 7.75. The van der Waals surface area contributed by atoms with Crippen molar-refractivity contribution in [3.63, 3.8) is 0 Å². The molecule has 0 aliphatic heterocycles. The summed E-state index contributed by atoms with van der Waals surface area (Å²) in [7, 11) is 0. The van der Waals surface area contributed by atoms with Gasteiger partial charge in [0.2, 0.25) is 0 Å². The minimum Gasteiger partial charge on any atom is -0.545 e. The van der Waals surface area contributed by atoms with E-state index in [4.69, 9.17) is 9.59 Å². The summed E-state index contributed by atoms with van der Waals surface area (Å²) < 4.78 is 0. The molecule has 0 aromatic carbocycles. The fourth-order valence-corrected chi connectivity index (χ4v) is 0.513. The van der Waals surface area contributed by atoms with Gasteiger partial charge in [0.05, 0.1) is 5.69 Å². The van der Waals surface area contributed by atoms with Crippen molar-refractivity contribution in [1.29, 1.82) is 0 Å². The van der Waals surface area contributed by atoms with Crippen LogP contribution < -0.4 is 0 Å². The van der Waals surface area contributed by atoms with Crippen LogP contribution in [0.3, 0.4) is 0 Å². The summed E-state index contributed by atoms with van der Waals surface area (Å²) in [6.07, 6.45) is 6.13. The van der Waals surface area contributed by atoms with Crippen LogP contribution in [0, 0.1) is 5.92 Å². The van der Waals surface area contributed by atoms with E-state index in [1.165, 1.54) is 5.92 Å². The van der Waals surface area contributed by atoms with Crippen LogP contribution in [0.4, 0.5) is 0 Å². The van der Waals surface area contributed by atoms with E-state index in [1.807, 2.05) is 0 Å². The van der Waals surface area contributed by atoms with Crippen molar-refractivity contribution in [1.82, 2.24) is 9.97 Å². The number of carbonyl (C=O) groups excluding carboxylic acids is 2. The molecule has 1 aromatic rings. The number of aryl methyl sites for hydroxylation is 1. The van der Waals surface area contributed by atoms with E-state index in [9.17, 15) is 0 Å². The van der Waals surface area contributed by atoms with Crippen LogP contribution in [0.15, 0.2) is 18.6 Å². The fourth-order valence-electron chi connectivity index (χ4n) is 0.513. The monoisotopic (exact) mass is 325 g/mol. The number of hydrogen-bond donors (Lipinski definition) is 0. The second kappa shape index (κ2) is 24.3. The first-order valence-electron chi connectivity index (χ1n) is 4.65. The SMILES string of the molecule is CCc1cnccn1.C[C-](C)C.[CH-]=O.[CH-]=O.[Ru+3].